The number of nitrogens with zero attached hydrogens (tertiary/aromatic N) is 4. The minimum atomic E-state index is -0.338. The normalized spacial score (nSPS) is 18.1. The Morgan fingerprint density at radius 3 is 3.08 bits per heavy atom. The van der Waals surface area contributed by atoms with E-state index < -0.39 is 0 Å². The van der Waals surface area contributed by atoms with Gasteiger partial charge in [-0.2, -0.15) is 5.10 Å². The van der Waals surface area contributed by atoms with Crippen molar-refractivity contribution in [3.8, 4) is 0 Å². The number of aromatic nitrogens is 4. The maximum atomic E-state index is 13.6. The first kappa shape index (κ1) is 16.4. The Morgan fingerprint density at radius 2 is 2.19 bits per heavy atom. The van der Waals surface area contributed by atoms with Gasteiger partial charge in [0.05, 0.1) is 12.4 Å². The van der Waals surface area contributed by atoms with Crippen molar-refractivity contribution in [2.75, 3.05) is 11.9 Å². The fourth-order valence-corrected chi connectivity index (χ4v) is 3.13. The molecule has 3 aromatic heterocycles. The predicted molar refractivity (Wildman–Crippen MR) is 94.6 cm³/mol. The van der Waals surface area contributed by atoms with Crippen molar-refractivity contribution in [3.63, 3.8) is 0 Å². The van der Waals surface area contributed by atoms with Crippen LogP contribution in [0.1, 0.15) is 35.0 Å². The van der Waals surface area contributed by atoms with Crippen molar-refractivity contribution >= 4 is 17.4 Å². The first-order valence-electron chi connectivity index (χ1n) is 8.62. The summed E-state index contributed by atoms with van der Waals surface area (Å²) < 4.78 is 15.2. The van der Waals surface area contributed by atoms with Crippen LogP contribution < -0.4 is 10.6 Å². The second-order valence-corrected chi connectivity index (χ2v) is 6.49. The van der Waals surface area contributed by atoms with Gasteiger partial charge in [-0.05, 0) is 43.9 Å². The fraction of sp³-hybridized carbons (Fsp3) is 0.333. The summed E-state index contributed by atoms with van der Waals surface area (Å²) in [7, 11) is 0. The molecular formula is C18H19FN6O. The van der Waals surface area contributed by atoms with Crippen LogP contribution in [-0.2, 0) is 12.8 Å². The van der Waals surface area contributed by atoms with Crippen LogP contribution in [0.4, 0.5) is 10.2 Å². The van der Waals surface area contributed by atoms with E-state index in [4.69, 9.17) is 0 Å². The molecule has 2 N–H and O–H groups in total. The summed E-state index contributed by atoms with van der Waals surface area (Å²) in [6.07, 6.45) is 6.55. The molecule has 0 aromatic carbocycles. The van der Waals surface area contributed by atoms with Gasteiger partial charge in [0.2, 0.25) is 0 Å². The summed E-state index contributed by atoms with van der Waals surface area (Å²) in [6, 6.07) is 3.27. The molecule has 7 nitrogen and oxygen atoms in total. The summed E-state index contributed by atoms with van der Waals surface area (Å²) in [5, 5.41) is 10.4. The first-order valence-corrected chi connectivity index (χ1v) is 8.62. The summed E-state index contributed by atoms with van der Waals surface area (Å²) in [4.78, 5) is 21.3. The molecule has 1 aliphatic heterocycles. The van der Waals surface area contributed by atoms with E-state index in [0.717, 1.165) is 11.3 Å². The molecule has 0 radical (unpaired) electrons. The van der Waals surface area contributed by atoms with E-state index in [1.807, 2.05) is 6.92 Å². The standard InChI is InChI=1S/C18H19FN6O/c1-11-2-3-15-12(8-13(19)9-21-15)4-6-20-16-5-7-25-17(24-16)14(10-22-25)18(26)23-11/h5,7-11H,2-4,6H2,1H3,(H,20,24)(H,23,26)/t11-/m1/s1. The van der Waals surface area contributed by atoms with Crippen LogP contribution in [0.5, 0.6) is 0 Å². The highest BCUT2D eigenvalue weighted by molar-refractivity contribution is 5.99. The molecule has 0 spiro atoms. The van der Waals surface area contributed by atoms with Crippen LogP contribution in [0.15, 0.2) is 30.7 Å². The molecule has 1 aliphatic rings. The monoisotopic (exact) mass is 354 g/mol. The molecule has 0 saturated carbocycles. The number of nitrogens with one attached hydrogen (secondary N) is 2. The zero-order valence-corrected chi connectivity index (χ0v) is 14.4. The van der Waals surface area contributed by atoms with Crippen molar-refractivity contribution in [3.05, 3.63) is 53.4 Å². The van der Waals surface area contributed by atoms with E-state index >= 15 is 0 Å². The lowest BCUT2D eigenvalue weighted by Gasteiger charge is -2.16. The van der Waals surface area contributed by atoms with Gasteiger partial charge in [-0.15, -0.1) is 0 Å². The first-order chi connectivity index (χ1) is 12.6. The molecule has 1 atom stereocenters. The maximum absolute atomic E-state index is 13.6. The van der Waals surface area contributed by atoms with Crippen molar-refractivity contribution < 1.29 is 9.18 Å². The molecule has 3 aromatic rings. The maximum Gasteiger partial charge on any atom is 0.256 e. The summed E-state index contributed by atoms with van der Waals surface area (Å²) >= 11 is 0. The van der Waals surface area contributed by atoms with Crippen LogP contribution in [-0.4, -0.2) is 38.1 Å². The van der Waals surface area contributed by atoms with E-state index in [0.29, 0.717) is 42.8 Å². The third-order valence-electron chi connectivity index (χ3n) is 4.53. The highest BCUT2D eigenvalue weighted by atomic mass is 19.1. The number of carbonyl (C=O) groups excluding carboxylic acids is 1. The number of hydrogen-bond donors (Lipinski definition) is 2. The number of hydrogen-bond acceptors (Lipinski definition) is 5. The topological polar surface area (TPSA) is 84.2 Å². The molecule has 1 amide bonds. The highest BCUT2D eigenvalue weighted by Crippen LogP contribution is 2.16. The SMILES string of the molecule is C[C@@H]1CCc2ncc(F)cc2CCNc2ccn3ncc(c3n2)C(=O)N1. The molecule has 2 bridgehead atoms. The number of halogens is 1. The number of fused-ring (bicyclic) bond motifs is 2. The lowest BCUT2D eigenvalue weighted by atomic mass is 10.0. The van der Waals surface area contributed by atoms with Gasteiger partial charge < -0.3 is 10.6 Å². The second-order valence-electron chi connectivity index (χ2n) is 6.49. The lowest BCUT2D eigenvalue weighted by Crippen LogP contribution is -2.33. The third kappa shape index (κ3) is 3.22. The molecule has 26 heavy (non-hydrogen) atoms. The number of aryl methyl sites for hydroxylation is 1. The fourth-order valence-electron chi connectivity index (χ4n) is 3.13. The van der Waals surface area contributed by atoms with Crippen molar-refractivity contribution in [2.24, 2.45) is 0 Å². The van der Waals surface area contributed by atoms with Gasteiger partial charge in [-0.1, -0.05) is 0 Å². The van der Waals surface area contributed by atoms with E-state index in [1.165, 1.54) is 18.5 Å². The average Bonchev–Trinajstić information content (AvgIpc) is 3.04. The average molecular weight is 354 g/mol. The zero-order chi connectivity index (χ0) is 18.1. The number of amides is 1. The smallest absolute Gasteiger partial charge is 0.256 e. The Hall–Kier alpha value is -3.03. The van der Waals surface area contributed by atoms with Gasteiger partial charge in [0.1, 0.15) is 17.2 Å². The van der Waals surface area contributed by atoms with Crippen LogP contribution in [0, 0.1) is 5.82 Å². The summed E-state index contributed by atoms with van der Waals surface area (Å²) in [5.74, 6) is 0.0965. The van der Waals surface area contributed by atoms with E-state index in [9.17, 15) is 9.18 Å². The van der Waals surface area contributed by atoms with Crippen molar-refractivity contribution in [1.82, 2.24) is 24.9 Å². The summed E-state index contributed by atoms with van der Waals surface area (Å²) in [6.45, 7) is 2.53. The molecule has 0 saturated heterocycles. The second kappa shape index (κ2) is 6.70. The Kier molecular flexibility index (Phi) is 4.24. The predicted octanol–water partition coefficient (Wildman–Crippen LogP) is 1.98. The van der Waals surface area contributed by atoms with Gasteiger partial charge in [-0.3, -0.25) is 9.78 Å². The molecule has 0 aliphatic carbocycles. The van der Waals surface area contributed by atoms with Gasteiger partial charge in [-0.25, -0.2) is 13.9 Å². The van der Waals surface area contributed by atoms with Crippen LogP contribution >= 0.6 is 0 Å². The minimum absolute atomic E-state index is 0.0543. The molecule has 4 rings (SSSR count). The largest absolute Gasteiger partial charge is 0.370 e. The molecule has 4 heterocycles. The number of pyridine rings is 1. The van der Waals surface area contributed by atoms with Crippen LogP contribution in [0.25, 0.3) is 5.65 Å². The lowest BCUT2D eigenvalue weighted by molar-refractivity contribution is 0.0940. The van der Waals surface area contributed by atoms with Crippen LogP contribution in [0.3, 0.4) is 0 Å². The van der Waals surface area contributed by atoms with E-state index in [2.05, 4.69) is 25.7 Å². The molecule has 0 fully saturated rings. The molecule has 8 heteroatoms. The van der Waals surface area contributed by atoms with E-state index in [1.54, 1.807) is 16.8 Å². The molecule has 134 valence electrons. The van der Waals surface area contributed by atoms with Crippen LogP contribution in [0.2, 0.25) is 0 Å². The molecular weight excluding hydrogens is 335 g/mol. The van der Waals surface area contributed by atoms with E-state index in [-0.39, 0.29) is 17.8 Å². The highest BCUT2D eigenvalue weighted by Gasteiger charge is 2.18. The Balaban J connectivity index is 1.70. The number of rotatable bonds is 0. The Labute approximate surface area is 149 Å². The number of anilines is 1. The minimum Gasteiger partial charge on any atom is -0.370 e. The van der Waals surface area contributed by atoms with Gasteiger partial charge in [0.15, 0.2) is 5.65 Å². The molecule has 0 unspecified atom stereocenters. The van der Waals surface area contributed by atoms with Crippen molar-refractivity contribution in [1.29, 1.82) is 0 Å². The summed E-state index contributed by atoms with van der Waals surface area (Å²) in [5.41, 5.74) is 2.68. The van der Waals surface area contributed by atoms with Crippen molar-refractivity contribution in [2.45, 2.75) is 32.2 Å². The zero-order valence-electron chi connectivity index (χ0n) is 14.4. The third-order valence-corrected chi connectivity index (χ3v) is 4.53. The quantitative estimate of drug-likeness (QED) is 0.645. The Bertz CT molecular complexity index is 969. The van der Waals surface area contributed by atoms with Gasteiger partial charge in [0, 0.05) is 24.5 Å². The Morgan fingerprint density at radius 1 is 1.31 bits per heavy atom. The van der Waals surface area contributed by atoms with Gasteiger partial charge >= 0.3 is 0 Å². The van der Waals surface area contributed by atoms with Gasteiger partial charge in [0.25, 0.3) is 5.91 Å². The number of carbonyl (C=O) groups is 1.